The number of ether oxygens (including phenoxy) is 1. The van der Waals surface area contributed by atoms with Crippen LogP contribution in [0.5, 0.6) is 5.75 Å². The topological polar surface area (TPSA) is 87.2 Å². The van der Waals surface area contributed by atoms with Crippen molar-refractivity contribution in [1.29, 1.82) is 0 Å². The van der Waals surface area contributed by atoms with Gasteiger partial charge in [-0.25, -0.2) is 0 Å². The standard InChI is InChI=1S/C20H28N2O5/c1-3-27-18-8-6-16(7-9-18)13-19(24)21-11-4-5-17(10-12-21)22(15(2)23)14-20(25)26/h6-9,17H,3-5,10-14H2,1-2H3,(H,25,26)/t17-/m0/s1. The molecule has 1 aromatic rings. The van der Waals surface area contributed by atoms with Crippen LogP contribution < -0.4 is 4.74 Å². The van der Waals surface area contributed by atoms with Gasteiger partial charge in [0.2, 0.25) is 11.8 Å². The van der Waals surface area contributed by atoms with Crippen molar-refractivity contribution in [1.82, 2.24) is 9.80 Å². The number of hydrogen-bond acceptors (Lipinski definition) is 4. The summed E-state index contributed by atoms with van der Waals surface area (Å²) >= 11 is 0. The lowest BCUT2D eigenvalue weighted by Crippen LogP contribution is -2.43. The second-order valence-corrected chi connectivity index (χ2v) is 6.76. The first-order chi connectivity index (χ1) is 12.9. The largest absolute Gasteiger partial charge is 0.494 e. The van der Waals surface area contributed by atoms with Crippen LogP contribution in [0.4, 0.5) is 0 Å². The third-order valence-corrected chi connectivity index (χ3v) is 4.79. The zero-order valence-corrected chi connectivity index (χ0v) is 16.0. The summed E-state index contributed by atoms with van der Waals surface area (Å²) in [4.78, 5) is 38.7. The van der Waals surface area contributed by atoms with E-state index < -0.39 is 5.97 Å². The van der Waals surface area contributed by atoms with E-state index >= 15 is 0 Å². The molecule has 7 heteroatoms. The van der Waals surface area contributed by atoms with Gasteiger partial charge in [-0.2, -0.15) is 0 Å². The second-order valence-electron chi connectivity index (χ2n) is 6.76. The number of amides is 2. The van der Waals surface area contributed by atoms with Gasteiger partial charge in [-0.1, -0.05) is 12.1 Å². The second kappa shape index (κ2) is 9.94. The number of aliphatic carboxylic acids is 1. The number of nitrogens with zero attached hydrogens (tertiary/aromatic N) is 2. The minimum absolute atomic E-state index is 0.0485. The quantitative estimate of drug-likeness (QED) is 0.786. The Labute approximate surface area is 159 Å². The van der Waals surface area contributed by atoms with Crippen molar-refractivity contribution in [2.75, 3.05) is 26.2 Å². The molecule has 0 unspecified atom stereocenters. The van der Waals surface area contributed by atoms with Gasteiger partial charge in [0.1, 0.15) is 12.3 Å². The van der Waals surface area contributed by atoms with Crippen LogP contribution in [-0.4, -0.2) is 65.0 Å². The smallest absolute Gasteiger partial charge is 0.323 e. The molecule has 0 aromatic heterocycles. The lowest BCUT2D eigenvalue weighted by molar-refractivity contribution is -0.145. The Balaban J connectivity index is 1.93. The number of carboxylic acids is 1. The molecular formula is C20H28N2O5. The first-order valence-corrected chi connectivity index (χ1v) is 9.39. The molecule has 1 atom stereocenters. The highest BCUT2D eigenvalue weighted by Crippen LogP contribution is 2.19. The minimum atomic E-state index is -1.02. The lowest BCUT2D eigenvalue weighted by Gasteiger charge is -2.28. The van der Waals surface area contributed by atoms with Crippen LogP contribution in [0.1, 0.15) is 38.7 Å². The molecule has 148 valence electrons. The summed E-state index contributed by atoms with van der Waals surface area (Å²) in [5, 5.41) is 9.02. The highest BCUT2D eigenvalue weighted by molar-refractivity contribution is 5.80. The first kappa shape index (κ1) is 20.7. The van der Waals surface area contributed by atoms with E-state index in [1.54, 1.807) is 0 Å². The monoisotopic (exact) mass is 376 g/mol. The fraction of sp³-hybridized carbons (Fsp3) is 0.550. The van der Waals surface area contributed by atoms with Crippen LogP contribution in [0.2, 0.25) is 0 Å². The Morgan fingerprint density at radius 3 is 2.48 bits per heavy atom. The number of likely N-dealkylation sites (tertiary alicyclic amines) is 1. The Kier molecular flexibility index (Phi) is 7.64. The summed E-state index contributed by atoms with van der Waals surface area (Å²) < 4.78 is 5.41. The van der Waals surface area contributed by atoms with Gasteiger partial charge in [0.05, 0.1) is 13.0 Å². The van der Waals surface area contributed by atoms with E-state index in [1.165, 1.54) is 11.8 Å². The highest BCUT2D eigenvalue weighted by Gasteiger charge is 2.27. The van der Waals surface area contributed by atoms with Gasteiger partial charge in [0.15, 0.2) is 0 Å². The van der Waals surface area contributed by atoms with E-state index in [1.807, 2.05) is 36.1 Å². The van der Waals surface area contributed by atoms with Crippen LogP contribution in [0.15, 0.2) is 24.3 Å². The van der Waals surface area contributed by atoms with Gasteiger partial charge in [0.25, 0.3) is 0 Å². The predicted molar refractivity (Wildman–Crippen MR) is 101 cm³/mol. The predicted octanol–water partition coefficient (Wildman–Crippen LogP) is 1.94. The van der Waals surface area contributed by atoms with Gasteiger partial charge < -0.3 is 19.6 Å². The van der Waals surface area contributed by atoms with E-state index in [-0.39, 0.29) is 24.4 Å². The fourth-order valence-corrected chi connectivity index (χ4v) is 3.44. The summed E-state index contributed by atoms with van der Waals surface area (Å²) in [5.74, 6) is -0.420. The molecule has 1 heterocycles. The lowest BCUT2D eigenvalue weighted by atomic mass is 10.1. The van der Waals surface area contributed by atoms with Crippen molar-refractivity contribution in [3.05, 3.63) is 29.8 Å². The van der Waals surface area contributed by atoms with Crippen LogP contribution in [0.25, 0.3) is 0 Å². The van der Waals surface area contributed by atoms with Crippen LogP contribution >= 0.6 is 0 Å². The van der Waals surface area contributed by atoms with Gasteiger partial charge in [-0.15, -0.1) is 0 Å². The van der Waals surface area contributed by atoms with Crippen molar-refractivity contribution in [2.24, 2.45) is 0 Å². The summed E-state index contributed by atoms with van der Waals surface area (Å²) in [6, 6.07) is 7.38. The molecule has 1 aliphatic heterocycles. The number of rotatable bonds is 7. The van der Waals surface area contributed by atoms with E-state index in [0.29, 0.717) is 39.0 Å². The number of hydrogen-bond donors (Lipinski definition) is 1. The number of carbonyl (C=O) groups excluding carboxylic acids is 2. The SMILES string of the molecule is CCOc1ccc(CC(=O)N2CCC[C@H](N(CC(=O)O)C(C)=O)CC2)cc1. The Bertz CT molecular complexity index is 659. The third kappa shape index (κ3) is 6.27. The molecule has 1 aliphatic rings. The Morgan fingerprint density at radius 1 is 1.19 bits per heavy atom. The van der Waals surface area contributed by atoms with Crippen molar-refractivity contribution >= 4 is 17.8 Å². The van der Waals surface area contributed by atoms with E-state index in [2.05, 4.69) is 0 Å². The third-order valence-electron chi connectivity index (χ3n) is 4.79. The molecule has 2 amide bonds. The molecule has 27 heavy (non-hydrogen) atoms. The number of carbonyl (C=O) groups is 3. The maximum atomic E-state index is 12.6. The van der Waals surface area contributed by atoms with Crippen LogP contribution in [-0.2, 0) is 20.8 Å². The zero-order valence-electron chi connectivity index (χ0n) is 16.0. The van der Waals surface area contributed by atoms with E-state index in [4.69, 9.17) is 9.84 Å². The van der Waals surface area contributed by atoms with Gasteiger partial charge in [0, 0.05) is 26.1 Å². The maximum absolute atomic E-state index is 12.6. The molecule has 2 rings (SSSR count). The van der Waals surface area contributed by atoms with Crippen LogP contribution in [0.3, 0.4) is 0 Å². The zero-order chi connectivity index (χ0) is 19.8. The van der Waals surface area contributed by atoms with Crippen molar-refractivity contribution in [3.63, 3.8) is 0 Å². The highest BCUT2D eigenvalue weighted by atomic mass is 16.5. The van der Waals surface area contributed by atoms with E-state index in [0.717, 1.165) is 17.7 Å². The molecule has 0 bridgehead atoms. The van der Waals surface area contributed by atoms with Gasteiger partial charge >= 0.3 is 5.97 Å². The molecule has 0 spiro atoms. The van der Waals surface area contributed by atoms with E-state index in [9.17, 15) is 14.4 Å². The Morgan fingerprint density at radius 2 is 1.89 bits per heavy atom. The average Bonchev–Trinajstić information content (AvgIpc) is 2.87. The number of benzene rings is 1. The molecule has 0 aliphatic carbocycles. The number of carboxylic acid groups (broad SMARTS) is 1. The molecule has 0 radical (unpaired) electrons. The van der Waals surface area contributed by atoms with Crippen molar-refractivity contribution in [2.45, 2.75) is 45.6 Å². The molecule has 1 saturated heterocycles. The molecule has 0 saturated carbocycles. The summed E-state index contributed by atoms with van der Waals surface area (Å²) in [5.41, 5.74) is 0.931. The van der Waals surface area contributed by atoms with Gasteiger partial charge in [-0.3, -0.25) is 14.4 Å². The summed E-state index contributed by atoms with van der Waals surface area (Å²) in [6.07, 6.45) is 2.38. The first-order valence-electron chi connectivity index (χ1n) is 9.39. The van der Waals surface area contributed by atoms with Crippen LogP contribution in [0, 0.1) is 0 Å². The average molecular weight is 376 g/mol. The van der Waals surface area contributed by atoms with Crippen molar-refractivity contribution < 1.29 is 24.2 Å². The van der Waals surface area contributed by atoms with Crippen molar-refractivity contribution in [3.8, 4) is 5.75 Å². The minimum Gasteiger partial charge on any atom is -0.494 e. The Hall–Kier alpha value is -2.57. The summed E-state index contributed by atoms with van der Waals surface area (Å²) in [7, 11) is 0. The maximum Gasteiger partial charge on any atom is 0.323 e. The van der Waals surface area contributed by atoms with Gasteiger partial charge in [-0.05, 0) is 43.9 Å². The molecule has 1 aromatic carbocycles. The summed E-state index contributed by atoms with van der Waals surface area (Å²) in [6.45, 7) is 4.79. The molecule has 1 fully saturated rings. The normalized spacial score (nSPS) is 17.1. The fourth-order valence-electron chi connectivity index (χ4n) is 3.44. The molecular weight excluding hydrogens is 348 g/mol. The molecule has 7 nitrogen and oxygen atoms in total. The molecule has 1 N–H and O–H groups in total.